The molecule has 1 aliphatic rings. The van der Waals surface area contributed by atoms with Crippen molar-refractivity contribution in [3.8, 4) is 0 Å². The maximum Gasteiger partial charge on any atom is 0.270 e. The van der Waals surface area contributed by atoms with Crippen molar-refractivity contribution in [3.63, 3.8) is 0 Å². The Hall–Kier alpha value is -1.13. The summed E-state index contributed by atoms with van der Waals surface area (Å²) in [4.78, 5) is 0. The molecule has 0 atom stereocenters. The van der Waals surface area contributed by atoms with Crippen molar-refractivity contribution in [2.75, 3.05) is 12.4 Å². The highest BCUT2D eigenvalue weighted by molar-refractivity contribution is 7.86. The van der Waals surface area contributed by atoms with Crippen LogP contribution in [0.1, 0.15) is 49.1 Å². The van der Waals surface area contributed by atoms with Crippen LogP contribution < -0.4 is 0 Å². The average molecular weight is 308 g/mol. The van der Waals surface area contributed by atoms with Crippen molar-refractivity contribution in [1.82, 2.24) is 0 Å². The largest absolute Gasteiger partial charge is 0.270 e. The van der Waals surface area contributed by atoms with E-state index in [9.17, 15) is 8.42 Å². The smallest absolute Gasteiger partial charge is 0.270 e. The summed E-state index contributed by atoms with van der Waals surface area (Å²) in [5, 5.41) is 0. The van der Waals surface area contributed by atoms with E-state index in [0.29, 0.717) is 6.42 Å². The average Bonchev–Trinajstić information content (AvgIpc) is 2.98. The SMILES string of the molecule is C=CCS(=O)(=O)OCCCc1ccc(C2CCCC2)cc1. The minimum Gasteiger partial charge on any atom is -0.270 e. The lowest BCUT2D eigenvalue weighted by molar-refractivity contribution is 0.314. The maximum atomic E-state index is 11.3. The van der Waals surface area contributed by atoms with Crippen LogP contribution >= 0.6 is 0 Å². The van der Waals surface area contributed by atoms with E-state index < -0.39 is 10.1 Å². The Morgan fingerprint density at radius 3 is 2.48 bits per heavy atom. The highest BCUT2D eigenvalue weighted by atomic mass is 32.2. The molecule has 3 nitrogen and oxygen atoms in total. The van der Waals surface area contributed by atoms with Gasteiger partial charge >= 0.3 is 0 Å². The quantitative estimate of drug-likeness (QED) is 0.417. The zero-order valence-corrected chi connectivity index (χ0v) is 13.3. The Morgan fingerprint density at radius 1 is 1.19 bits per heavy atom. The fraction of sp³-hybridized carbons (Fsp3) is 0.529. The second-order valence-electron chi connectivity index (χ2n) is 5.66. The van der Waals surface area contributed by atoms with Crippen LogP contribution in [-0.4, -0.2) is 20.8 Å². The number of rotatable bonds is 8. The van der Waals surface area contributed by atoms with Gasteiger partial charge in [-0.05, 0) is 42.7 Å². The molecule has 116 valence electrons. The van der Waals surface area contributed by atoms with Crippen LogP contribution in [0.2, 0.25) is 0 Å². The molecule has 0 radical (unpaired) electrons. The van der Waals surface area contributed by atoms with Crippen molar-refractivity contribution in [2.24, 2.45) is 0 Å². The predicted octanol–water partition coefficient (Wildman–Crippen LogP) is 3.81. The summed E-state index contributed by atoms with van der Waals surface area (Å²) in [7, 11) is -3.42. The number of hydrogen-bond acceptors (Lipinski definition) is 3. The maximum absolute atomic E-state index is 11.3. The van der Waals surface area contributed by atoms with Crippen LogP contribution in [0.15, 0.2) is 36.9 Å². The Kier molecular flexibility index (Phi) is 6.00. The number of benzene rings is 1. The van der Waals surface area contributed by atoms with Gasteiger partial charge in [0.05, 0.1) is 12.4 Å². The molecule has 1 aromatic carbocycles. The molecule has 4 heteroatoms. The van der Waals surface area contributed by atoms with Crippen LogP contribution in [0.4, 0.5) is 0 Å². The topological polar surface area (TPSA) is 43.4 Å². The summed E-state index contributed by atoms with van der Waals surface area (Å²) in [6, 6.07) is 8.76. The highest BCUT2D eigenvalue weighted by Crippen LogP contribution is 2.33. The predicted molar refractivity (Wildman–Crippen MR) is 85.9 cm³/mol. The second kappa shape index (κ2) is 7.76. The van der Waals surface area contributed by atoms with E-state index in [4.69, 9.17) is 4.18 Å². The summed E-state index contributed by atoms with van der Waals surface area (Å²) in [5.74, 6) is 0.620. The summed E-state index contributed by atoms with van der Waals surface area (Å²) >= 11 is 0. The molecule has 0 bridgehead atoms. The monoisotopic (exact) mass is 308 g/mol. The van der Waals surface area contributed by atoms with E-state index in [1.165, 1.54) is 42.9 Å². The Morgan fingerprint density at radius 2 is 1.86 bits per heavy atom. The third-order valence-corrected chi connectivity index (χ3v) is 5.17. The van der Waals surface area contributed by atoms with Gasteiger partial charge in [0.1, 0.15) is 0 Å². The lowest BCUT2D eigenvalue weighted by atomic mass is 9.96. The molecule has 1 aliphatic carbocycles. The molecular formula is C17H24O3S. The van der Waals surface area contributed by atoms with Gasteiger partial charge in [-0.2, -0.15) is 8.42 Å². The molecule has 2 rings (SSSR count). The molecule has 1 fully saturated rings. The number of hydrogen-bond donors (Lipinski definition) is 0. The second-order valence-corrected chi connectivity index (χ2v) is 7.35. The van der Waals surface area contributed by atoms with E-state index in [1.807, 2.05) is 0 Å². The van der Waals surface area contributed by atoms with Gasteiger partial charge in [-0.1, -0.05) is 43.2 Å². The van der Waals surface area contributed by atoms with E-state index in [0.717, 1.165) is 12.3 Å². The third kappa shape index (κ3) is 5.29. The Labute approximate surface area is 128 Å². The van der Waals surface area contributed by atoms with Crippen LogP contribution in [0.5, 0.6) is 0 Å². The lowest BCUT2D eigenvalue weighted by Crippen LogP contribution is -2.10. The molecule has 0 amide bonds. The van der Waals surface area contributed by atoms with Crippen LogP contribution in [-0.2, 0) is 20.7 Å². The summed E-state index contributed by atoms with van der Waals surface area (Å²) in [6.45, 7) is 3.64. The highest BCUT2D eigenvalue weighted by Gasteiger charge is 2.16. The van der Waals surface area contributed by atoms with Crippen molar-refractivity contribution >= 4 is 10.1 Å². The van der Waals surface area contributed by atoms with Gasteiger partial charge in [0.15, 0.2) is 0 Å². The Bertz CT molecular complexity index is 540. The fourth-order valence-electron chi connectivity index (χ4n) is 2.87. The van der Waals surface area contributed by atoms with E-state index >= 15 is 0 Å². The lowest BCUT2D eigenvalue weighted by Gasteiger charge is -2.10. The van der Waals surface area contributed by atoms with E-state index in [-0.39, 0.29) is 12.4 Å². The molecule has 21 heavy (non-hydrogen) atoms. The van der Waals surface area contributed by atoms with Crippen molar-refractivity contribution in [1.29, 1.82) is 0 Å². The fourth-order valence-corrected chi connectivity index (χ4v) is 3.63. The van der Waals surface area contributed by atoms with Gasteiger partial charge < -0.3 is 0 Å². The molecule has 0 N–H and O–H groups in total. The summed E-state index contributed by atoms with van der Waals surface area (Å²) < 4.78 is 27.6. The molecule has 0 aliphatic heterocycles. The van der Waals surface area contributed by atoms with Crippen LogP contribution in [0.25, 0.3) is 0 Å². The van der Waals surface area contributed by atoms with Gasteiger partial charge in [0.25, 0.3) is 10.1 Å². The van der Waals surface area contributed by atoms with Gasteiger partial charge in [-0.3, -0.25) is 4.18 Å². The summed E-state index contributed by atoms with van der Waals surface area (Å²) in [6.07, 6.45) is 8.22. The first-order chi connectivity index (χ1) is 10.1. The molecule has 1 saturated carbocycles. The van der Waals surface area contributed by atoms with Crippen molar-refractivity contribution < 1.29 is 12.6 Å². The third-order valence-electron chi connectivity index (χ3n) is 4.00. The first-order valence-corrected chi connectivity index (χ1v) is 9.25. The minimum absolute atomic E-state index is 0.122. The van der Waals surface area contributed by atoms with Gasteiger partial charge in [-0.25, -0.2) is 0 Å². The molecule has 0 heterocycles. The molecule has 1 aromatic rings. The van der Waals surface area contributed by atoms with Crippen LogP contribution in [0.3, 0.4) is 0 Å². The van der Waals surface area contributed by atoms with Crippen molar-refractivity contribution in [2.45, 2.75) is 44.4 Å². The molecule has 0 unspecified atom stereocenters. The first-order valence-electron chi connectivity index (χ1n) is 7.67. The van der Waals surface area contributed by atoms with Gasteiger partial charge in [-0.15, -0.1) is 6.58 Å². The zero-order valence-electron chi connectivity index (χ0n) is 12.5. The zero-order chi connectivity index (χ0) is 15.1. The van der Waals surface area contributed by atoms with E-state index in [2.05, 4.69) is 30.8 Å². The Balaban J connectivity index is 1.75. The van der Waals surface area contributed by atoms with E-state index in [1.54, 1.807) is 0 Å². The number of aryl methyl sites for hydroxylation is 1. The molecule has 0 spiro atoms. The summed E-state index contributed by atoms with van der Waals surface area (Å²) in [5.41, 5.74) is 2.68. The first kappa shape index (κ1) is 16.2. The van der Waals surface area contributed by atoms with Crippen molar-refractivity contribution in [3.05, 3.63) is 48.0 Å². The van der Waals surface area contributed by atoms with Crippen LogP contribution in [0, 0.1) is 0 Å². The standard InChI is InChI=1S/C17H24O3S/c1-2-14-21(18,19)20-13-5-6-15-9-11-17(12-10-15)16-7-3-4-8-16/h2,9-12,16H,1,3-8,13-14H2. The molecule has 0 saturated heterocycles. The van der Waals surface area contributed by atoms with Gasteiger partial charge in [0.2, 0.25) is 0 Å². The minimum atomic E-state index is -3.42. The normalized spacial score (nSPS) is 16.2. The van der Waals surface area contributed by atoms with Gasteiger partial charge in [0, 0.05) is 0 Å². The molecular weight excluding hydrogens is 284 g/mol. The molecule has 0 aromatic heterocycles.